The first-order valence-corrected chi connectivity index (χ1v) is 6.16. The average Bonchev–Trinajstić information content (AvgIpc) is 2.71. The van der Waals surface area contributed by atoms with Crippen molar-refractivity contribution in [2.45, 2.75) is 19.4 Å². The van der Waals surface area contributed by atoms with Crippen LogP contribution >= 0.6 is 11.3 Å². The molecule has 0 aliphatic rings. The van der Waals surface area contributed by atoms with Crippen molar-refractivity contribution in [2.75, 3.05) is 7.11 Å². The van der Waals surface area contributed by atoms with Gasteiger partial charge in [-0.15, -0.1) is 0 Å². The smallest absolute Gasteiger partial charge is 0.333 e. The van der Waals surface area contributed by atoms with Gasteiger partial charge in [0, 0.05) is 5.70 Å². The van der Waals surface area contributed by atoms with Gasteiger partial charge >= 0.3 is 11.9 Å². The van der Waals surface area contributed by atoms with E-state index in [1.165, 1.54) is 18.4 Å². The van der Waals surface area contributed by atoms with E-state index in [-0.39, 0.29) is 6.42 Å². The number of hydrogen-bond acceptors (Lipinski definition) is 5. The van der Waals surface area contributed by atoms with Crippen molar-refractivity contribution in [3.05, 3.63) is 34.2 Å². The van der Waals surface area contributed by atoms with Crippen molar-refractivity contribution in [3.63, 3.8) is 0 Å². The number of allylic oxidation sites excluding steroid dienone is 1. The van der Waals surface area contributed by atoms with Gasteiger partial charge in [-0.05, 0) is 28.8 Å². The highest BCUT2D eigenvalue weighted by Gasteiger charge is 2.25. The third-order valence-corrected chi connectivity index (χ3v) is 3.07. The largest absolute Gasteiger partial charge is 0.481 e. The van der Waals surface area contributed by atoms with Gasteiger partial charge in [0.25, 0.3) is 0 Å². The molecule has 1 aromatic rings. The van der Waals surface area contributed by atoms with Crippen molar-refractivity contribution in [3.8, 4) is 0 Å². The van der Waals surface area contributed by atoms with Crippen LogP contribution in [0.5, 0.6) is 0 Å². The second-order valence-corrected chi connectivity index (χ2v) is 4.55. The molecule has 5 nitrogen and oxygen atoms in total. The number of carboxylic acid groups (broad SMARTS) is 1. The van der Waals surface area contributed by atoms with Gasteiger partial charge in [-0.25, -0.2) is 4.79 Å². The number of hydrogen-bond donors (Lipinski definition) is 2. The SMILES string of the molecule is C=C(C)NC(C(=O)OC)c1cscc1CC(=O)O. The van der Waals surface area contributed by atoms with Crippen LogP contribution in [0.4, 0.5) is 0 Å². The van der Waals surface area contributed by atoms with E-state index >= 15 is 0 Å². The summed E-state index contributed by atoms with van der Waals surface area (Å²) in [6.45, 7) is 5.40. The zero-order chi connectivity index (χ0) is 13.7. The molecular weight excluding hydrogens is 254 g/mol. The van der Waals surface area contributed by atoms with Crippen molar-refractivity contribution in [1.82, 2.24) is 5.32 Å². The molecule has 1 unspecified atom stereocenters. The van der Waals surface area contributed by atoms with Gasteiger partial charge in [0.2, 0.25) is 0 Å². The Kier molecular flexibility index (Phi) is 4.91. The zero-order valence-corrected chi connectivity index (χ0v) is 11.0. The summed E-state index contributed by atoms with van der Waals surface area (Å²) < 4.78 is 4.71. The number of esters is 1. The number of ether oxygens (including phenoxy) is 1. The number of thiophene rings is 1. The summed E-state index contributed by atoms with van der Waals surface area (Å²) in [6, 6.07) is -0.715. The minimum Gasteiger partial charge on any atom is -0.481 e. The molecule has 0 saturated heterocycles. The number of rotatable bonds is 6. The Morgan fingerprint density at radius 3 is 2.72 bits per heavy atom. The molecular formula is C12H15NO4S. The summed E-state index contributed by atoms with van der Waals surface area (Å²) >= 11 is 1.35. The van der Waals surface area contributed by atoms with Crippen molar-refractivity contribution >= 4 is 23.3 Å². The second kappa shape index (κ2) is 6.20. The Morgan fingerprint density at radius 1 is 1.56 bits per heavy atom. The molecule has 2 N–H and O–H groups in total. The molecule has 0 fully saturated rings. The second-order valence-electron chi connectivity index (χ2n) is 3.80. The fraction of sp³-hybridized carbons (Fsp3) is 0.333. The zero-order valence-electron chi connectivity index (χ0n) is 10.2. The van der Waals surface area contributed by atoms with Crippen LogP contribution in [-0.2, 0) is 20.7 Å². The molecule has 0 bridgehead atoms. The third-order valence-electron chi connectivity index (χ3n) is 2.26. The maximum absolute atomic E-state index is 11.7. The lowest BCUT2D eigenvalue weighted by molar-refractivity contribution is -0.143. The maximum atomic E-state index is 11.7. The third kappa shape index (κ3) is 3.59. The fourth-order valence-corrected chi connectivity index (χ4v) is 2.41. The standard InChI is InChI=1S/C12H15NO4S/c1-7(2)13-11(12(16)17-3)9-6-18-5-8(9)4-10(14)15/h5-6,11,13H,1,4H2,2-3H3,(H,14,15). The van der Waals surface area contributed by atoms with E-state index in [1.54, 1.807) is 17.7 Å². The lowest BCUT2D eigenvalue weighted by atomic mass is 10.0. The highest BCUT2D eigenvalue weighted by Crippen LogP contribution is 2.25. The molecule has 0 aliphatic heterocycles. The Hall–Kier alpha value is -1.82. The Bertz CT molecular complexity index is 466. The van der Waals surface area contributed by atoms with Crippen molar-refractivity contribution < 1.29 is 19.4 Å². The van der Waals surface area contributed by atoms with Gasteiger partial charge in [0.1, 0.15) is 0 Å². The summed E-state index contributed by atoms with van der Waals surface area (Å²) in [4.78, 5) is 22.5. The summed E-state index contributed by atoms with van der Waals surface area (Å²) in [7, 11) is 1.29. The normalized spacial score (nSPS) is 11.7. The quantitative estimate of drug-likeness (QED) is 0.769. The topological polar surface area (TPSA) is 75.6 Å². The molecule has 0 spiro atoms. The average molecular weight is 269 g/mol. The van der Waals surface area contributed by atoms with E-state index in [9.17, 15) is 9.59 Å². The van der Waals surface area contributed by atoms with Gasteiger partial charge < -0.3 is 15.2 Å². The van der Waals surface area contributed by atoms with Crippen molar-refractivity contribution in [2.24, 2.45) is 0 Å². The van der Waals surface area contributed by atoms with Crippen LogP contribution in [-0.4, -0.2) is 24.2 Å². The molecule has 0 aliphatic carbocycles. The van der Waals surface area contributed by atoms with Gasteiger partial charge in [-0.3, -0.25) is 4.79 Å². The van der Waals surface area contributed by atoms with E-state index < -0.39 is 18.0 Å². The number of carbonyl (C=O) groups is 2. The van der Waals surface area contributed by atoms with Crippen LogP contribution in [0, 0.1) is 0 Å². The van der Waals surface area contributed by atoms with Gasteiger partial charge in [0.15, 0.2) is 6.04 Å². The summed E-state index contributed by atoms with van der Waals surface area (Å²) in [5.74, 6) is -1.41. The first kappa shape index (κ1) is 14.2. The molecule has 1 atom stereocenters. The fourth-order valence-electron chi connectivity index (χ4n) is 1.52. The molecule has 98 valence electrons. The number of nitrogens with one attached hydrogen (secondary N) is 1. The molecule has 6 heteroatoms. The highest BCUT2D eigenvalue weighted by atomic mass is 32.1. The maximum Gasteiger partial charge on any atom is 0.333 e. The van der Waals surface area contributed by atoms with E-state index in [4.69, 9.17) is 9.84 Å². The molecule has 1 aromatic heterocycles. The monoisotopic (exact) mass is 269 g/mol. The predicted octanol–water partition coefficient (Wildman–Crippen LogP) is 1.71. The first-order valence-electron chi connectivity index (χ1n) is 5.22. The van der Waals surface area contributed by atoms with Crippen LogP contribution in [0.25, 0.3) is 0 Å². The predicted molar refractivity (Wildman–Crippen MR) is 68.4 cm³/mol. The molecule has 0 aromatic carbocycles. The van der Waals surface area contributed by atoms with Crippen LogP contribution in [0.15, 0.2) is 23.0 Å². The minimum absolute atomic E-state index is 0.121. The van der Waals surface area contributed by atoms with Crippen LogP contribution in [0.1, 0.15) is 24.1 Å². The van der Waals surface area contributed by atoms with E-state index in [1.807, 2.05) is 0 Å². The summed E-state index contributed by atoms with van der Waals surface area (Å²) in [5, 5.41) is 15.2. The number of aliphatic carboxylic acids is 1. The molecule has 0 amide bonds. The highest BCUT2D eigenvalue weighted by molar-refractivity contribution is 7.08. The van der Waals surface area contributed by atoms with E-state index in [0.717, 1.165) is 0 Å². The number of methoxy groups -OCH3 is 1. The van der Waals surface area contributed by atoms with Crippen molar-refractivity contribution in [1.29, 1.82) is 0 Å². The molecule has 1 rings (SSSR count). The van der Waals surface area contributed by atoms with Crippen LogP contribution in [0.2, 0.25) is 0 Å². The van der Waals surface area contributed by atoms with E-state index in [2.05, 4.69) is 11.9 Å². The lowest BCUT2D eigenvalue weighted by Crippen LogP contribution is -2.28. The minimum atomic E-state index is -0.936. The van der Waals surface area contributed by atoms with Gasteiger partial charge in [0.05, 0.1) is 13.5 Å². The van der Waals surface area contributed by atoms with Gasteiger partial charge in [-0.1, -0.05) is 6.58 Å². The summed E-state index contributed by atoms with van der Waals surface area (Å²) in [5.41, 5.74) is 1.84. The molecule has 18 heavy (non-hydrogen) atoms. The Labute approximate surface area is 109 Å². The lowest BCUT2D eigenvalue weighted by Gasteiger charge is -2.18. The molecule has 1 heterocycles. The Balaban J connectivity index is 3.04. The van der Waals surface area contributed by atoms with E-state index in [0.29, 0.717) is 16.8 Å². The summed E-state index contributed by atoms with van der Waals surface area (Å²) in [6.07, 6.45) is -0.121. The number of carbonyl (C=O) groups excluding carboxylic acids is 1. The first-order chi connectivity index (χ1) is 8.45. The van der Waals surface area contributed by atoms with Crippen LogP contribution in [0.3, 0.4) is 0 Å². The van der Waals surface area contributed by atoms with Gasteiger partial charge in [-0.2, -0.15) is 11.3 Å². The molecule has 0 radical (unpaired) electrons. The number of carboxylic acids is 1. The van der Waals surface area contributed by atoms with Crippen LogP contribution < -0.4 is 5.32 Å². The molecule has 0 saturated carbocycles. The Morgan fingerprint density at radius 2 is 2.22 bits per heavy atom.